The highest BCUT2D eigenvalue weighted by Crippen LogP contribution is 2.33. The lowest BCUT2D eigenvalue weighted by Gasteiger charge is -2.29. The van der Waals surface area contributed by atoms with Gasteiger partial charge in [-0.25, -0.2) is 4.99 Å². The van der Waals surface area contributed by atoms with Crippen molar-refractivity contribution in [1.82, 2.24) is 15.1 Å². The van der Waals surface area contributed by atoms with Gasteiger partial charge in [0.05, 0.1) is 37.8 Å². The van der Waals surface area contributed by atoms with E-state index in [1.807, 2.05) is 59.5 Å². The fourth-order valence-electron chi connectivity index (χ4n) is 4.20. The third kappa shape index (κ3) is 6.69. The van der Waals surface area contributed by atoms with Crippen LogP contribution in [0.15, 0.2) is 77.9 Å². The van der Waals surface area contributed by atoms with Gasteiger partial charge in [0.1, 0.15) is 11.5 Å². The van der Waals surface area contributed by atoms with Crippen LogP contribution >= 0.6 is 11.3 Å². The Labute approximate surface area is 231 Å². The van der Waals surface area contributed by atoms with Crippen LogP contribution in [0.1, 0.15) is 5.56 Å². The summed E-state index contributed by atoms with van der Waals surface area (Å²) in [7, 11) is 0. The first kappa shape index (κ1) is 26.5. The van der Waals surface area contributed by atoms with Crippen LogP contribution in [-0.2, 0) is 14.3 Å². The van der Waals surface area contributed by atoms with E-state index >= 15 is 0 Å². The standard InChI is InChI=1S/C28H31N7O3S/c1-20(21-7-3-2-4-8-21)30-25(34-11-15-37-16-12-34)19-23(29)26(36)31-24-10-6-5-9-22(24)27-32-33-28(39-27)35-13-17-38-18-14-35/h2-10,19H,1,11-18,29H2,(H,31,36)/b23-19-,30-25+. The number of hydrogen-bond donors (Lipinski definition) is 2. The number of amides is 1. The van der Waals surface area contributed by atoms with Gasteiger partial charge in [0.25, 0.3) is 5.91 Å². The summed E-state index contributed by atoms with van der Waals surface area (Å²) in [6.07, 6.45) is 1.60. The Morgan fingerprint density at radius 3 is 2.38 bits per heavy atom. The van der Waals surface area contributed by atoms with Crippen LogP contribution < -0.4 is 16.0 Å². The van der Waals surface area contributed by atoms with Crippen LogP contribution in [-0.4, -0.2) is 79.4 Å². The monoisotopic (exact) mass is 545 g/mol. The number of para-hydroxylation sites is 1. The van der Waals surface area contributed by atoms with E-state index in [4.69, 9.17) is 20.2 Å². The predicted octanol–water partition coefficient (Wildman–Crippen LogP) is 3.22. The molecular weight excluding hydrogens is 514 g/mol. The van der Waals surface area contributed by atoms with Gasteiger partial charge < -0.3 is 30.3 Å². The van der Waals surface area contributed by atoms with E-state index in [1.54, 1.807) is 6.08 Å². The van der Waals surface area contributed by atoms with Crippen molar-refractivity contribution in [3.05, 3.63) is 78.5 Å². The zero-order chi connectivity index (χ0) is 27.0. The Bertz CT molecular complexity index is 1360. The van der Waals surface area contributed by atoms with Crippen LogP contribution in [0.2, 0.25) is 0 Å². The molecule has 5 rings (SSSR count). The molecule has 0 unspecified atom stereocenters. The summed E-state index contributed by atoms with van der Waals surface area (Å²) in [5, 5.41) is 13.2. The smallest absolute Gasteiger partial charge is 0.271 e. The average Bonchev–Trinajstić information content (AvgIpc) is 3.48. The molecule has 0 spiro atoms. The average molecular weight is 546 g/mol. The van der Waals surface area contributed by atoms with Gasteiger partial charge in [0.15, 0.2) is 5.01 Å². The Morgan fingerprint density at radius 1 is 0.974 bits per heavy atom. The van der Waals surface area contributed by atoms with Crippen molar-refractivity contribution in [2.24, 2.45) is 10.7 Å². The largest absolute Gasteiger partial charge is 0.394 e. The molecule has 2 aliphatic heterocycles. The topological polar surface area (TPSA) is 118 Å². The summed E-state index contributed by atoms with van der Waals surface area (Å²) in [6, 6.07) is 17.2. The van der Waals surface area contributed by atoms with Crippen molar-refractivity contribution in [3.8, 4) is 10.6 Å². The highest BCUT2D eigenvalue weighted by molar-refractivity contribution is 7.18. The molecule has 0 bridgehead atoms. The number of anilines is 2. The maximum Gasteiger partial charge on any atom is 0.271 e. The van der Waals surface area contributed by atoms with Crippen molar-refractivity contribution in [2.75, 3.05) is 62.8 Å². The third-order valence-electron chi connectivity index (χ3n) is 6.34. The number of ether oxygens (including phenoxy) is 2. The highest BCUT2D eigenvalue weighted by atomic mass is 32.1. The predicted molar refractivity (Wildman–Crippen MR) is 155 cm³/mol. The summed E-state index contributed by atoms with van der Waals surface area (Å²) in [6.45, 7) is 9.42. The number of nitrogens with two attached hydrogens (primary N) is 1. The molecule has 2 aromatic carbocycles. The number of carbonyl (C=O) groups is 1. The lowest BCUT2D eigenvalue weighted by Crippen LogP contribution is -2.40. The quantitative estimate of drug-likeness (QED) is 0.264. The molecule has 10 nitrogen and oxygen atoms in total. The molecule has 2 aliphatic rings. The molecule has 11 heteroatoms. The van der Waals surface area contributed by atoms with Crippen molar-refractivity contribution in [3.63, 3.8) is 0 Å². The van der Waals surface area contributed by atoms with E-state index in [-0.39, 0.29) is 5.70 Å². The number of nitrogens with one attached hydrogen (secondary N) is 1. The molecule has 3 N–H and O–H groups in total. The van der Waals surface area contributed by atoms with Crippen LogP contribution in [0.5, 0.6) is 0 Å². The number of benzene rings is 2. The number of carbonyl (C=O) groups excluding carboxylic acids is 1. The molecule has 39 heavy (non-hydrogen) atoms. The van der Waals surface area contributed by atoms with E-state index in [9.17, 15) is 4.79 Å². The minimum absolute atomic E-state index is 0.0298. The Hall–Kier alpha value is -4.06. The fourth-order valence-corrected chi connectivity index (χ4v) is 5.14. The second-order valence-electron chi connectivity index (χ2n) is 8.97. The molecule has 2 fully saturated rings. The van der Waals surface area contributed by atoms with Crippen molar-refractivity contribution >= 4 is 39.6 Å². The zero-order valence-corrected chi connectivity index (χ0v) is 22.4. The Morgan fingerprint density at radius 2 is 1.64 bits per heavy atom. The number of rotatable bonds is 7. The van der Waals surface area contributed by atoms with E-state index < -0.39 is 5.91 Å². The number of morpholine rings is 2. The zero-order valence-electron chi connectivity index (χ0n) is 21.6. The van der Waals surface area contributed by atoms with Gasteiger partial charge in [-0.1, -0.05) is 60.4 Å². The number of amidine groups is 1. The molecule has 3 aromatic rings. The molecule has 3 heterocycles. The maximum atomic E-state index is 13.2. The van der Waals surface area contributed by atoms with Gasteiger partial charge in [-0.3, -0.25) is 4.79 Å². The third-order valence-corrected chi connectivity index (χ3v) is 7.36. The number of aliphatic imine (C=N–C) groups is 1. The van der Waals surface area contributed by atoms with Crippen molar-refractivity contribution in [2.45, 2.75) is 0 Å². The highest BCUT2D eigenvalue weighted by Gasteiger charge is 2.20. The van der Waals surface area contributed by atoms with Crippen LogP contribution in [0.4, 0.5) is 10.8 Å². The first-order valence-corrected chi connectivity index (χ1v) is 13.6. The SMILES string of the molecule is C=C(/N=C(\C=C(/N)C(=O)Nc1ccccc1-c1nnc(N2CCOCC2)s1)N1CCOCC1)c1ccccc1. The Kier molecular flexibility index (Phi) is 8.61. The van der Waals surface area contributed by atoms with E-state index in [1.165, 1.54) is 11.3 Å². The lowest BCUT2D eigenvalue weighted by molar-refractivity contribution is -0.112. The van der Waals surface area contributed by atoms with E-state index in [2.05, 4.69) is 27.0 Å². The van der Waals surface area contributed by atoms with Gasteiger partial charge in [-0.05, 0) is 17.7 Å². The fraction of sp³-hybridized carbons (Fsp3) is 0.286. The van der Waals surface area contributed by atoms with E-state index in [0.717, 1.165) is 29.3 Å². The van der Waals surface area contributed by atoms with Crippen LogP contribution in [0, 0.1) is 0 Å². The second-order valence-corrected chi connectivity index (χ2v) is 9.93. The molecular formula is C28H31N7O3S. The summed E-state index contributed by atoms with van der Waals surface area (Å²) >= 11 is 1.48. The van der Waals surface area contributed by atoms with Gasteiger partial charge >= 0.3 is 0 Å². The second kappa shape index (κ2) is 12.7. The van der Waals surface area contributed by atoms with Gasteiger partial charge in [0.2, 0.25) is 5.13 Å². The van der Waals surface area contributed by atoms with Gasteiger partial charge in [-0.2, -0.15) is 0 Å². The minimum atomic E-state index is -0.438. The van der Waals surface area contributed by atoms with E-state index in [0.29, 0.717) is 61.7 Å². The number of aromatic nitrogens is 2. The molecule has 0 aliphatic carbocycles. The van der Waals surface area contributed by atoms with Crippen LogP contribution in [0.3, 0.4) is 0 Å². The first-order valence-electron chi connectivity index (χ1n) is 12.8. The van der Waals surface area contributed by atoms with Crippen LogP contribution in [0.25, 0.3) is 16.3 Å². The molecule has 2 saturated heterocycles. The molecule has 0 atom stereocenters. The number of nitrogens with zero attached hydrogens (tertiary/aromatic N) is 5. The molecule has 1 amide bonds. The minimum Gasteiger partial charge on any atom is -0.394 e. The van der Waals surface area contributed by atoms with Crippen molar-refractivity contribution < 1.29 is 14.3 Å². The van der Waals surface area contributed by atoms with Gasteiger partial charge in [-0.15, -0.1) is 10.2 Å². The molecule has 1 aromatic heterocycles. The molecule has 202 valence electrons. The summed E-state index contributed by atoms with van der Waals surface area (Å²) in [5.74, 6) is 0.124. The van der Waals surface area contributed by atoms with Crippen molar-refractivity contribution in [1.29, 1.82) is 0 Å². The normalized spacial score (nSPS) is 16.7. The lowest BCUT2D eigenvalue weighted by atomic mass is 10.1. The molecule has 0 saturated carbocycles. The molecule has 0 radical (unpaired) electrons. The maximum absolute atomic E-state index is 13.2. The summed E-state index contributed by atoms with van der Waals surface area (Å²) in [5.41, 5.74) is 9.19. The summed E-state index contributed by atoms with van der Waals surface area (Å²) in [4.78, 5) is 22.2. The summed E-state index contributed by atoms with van der Waals surface area (Å²) < 4.78 is 10.9. The first-order chi connectivity index (χ1) is 19.1. The number of hydrogen-bond acceptors (Lipinski definition) is 9. The Balaban J connectivity index is 1.36. The van der Waals surface area contributed by atoms with Gasteiger partial charge in [0, 0.05) is 37.8 Å².